The molecular formula is C14H23N3O2S. The molecule has 20 heavy (non-hydrogen) atoms. The van der Waals surface area contributed by atoms with Gasteiger partial charge in [0.05, 0.1) is 12.6 Å². The maximum Gasteiger partial charge on any atom is 0.358 e. The topological polar surface area (TPSA) is 54.5 Å². The van der Waals surface area contributed by atoms with E-state index in [0.29, 0.717) is 18.3 Å². The number of hydrogen-bond donors (Lipinski definition) is 1. The lowest BCUT2D eigenvalue weighted by Crippen LogP contribution is -2.45. The van der Waals surface area contributed by atoms with Crippen LogP contribution in [0, 0.1) is 6.92 Å². The van der Waals surface area contributed by atoms with Crippen LogP contribution in [-0.2, 0) is 4.74 Å². The van der Waals surface area contributed by atoms with Crippen molar-refractivity contribution in [2.75, 3.05) is 32.8 Å². The quantitative estimate of drug-likeness (QED) is 0.842. The zero-order valence-electron chi connectivity index (χ0n) is 12.4. The van der Waals surface area contributed by atoms with Crippen LogP contribution >= 0.6 is 11.3 Å². The largest absolute Gasteiger partial charge is 0.461 e. The van der Waals surface area contributed by atoms with E-state index in [-0.39, 0.29) is 5.97 Å². The van der Waals surface area contributed by atoms with Crippen LogP contribution < -0.4 is 5.32 Å². The van der Waals surface area contributed by atoms with Crippen molar-refractivity contribution >= 4 is 17.3 Å². The maximum absolute atomic E-state index is 11.9. The van der Waals surface area contributed by atoms with Gasteiger partial charge in [-0.25, -0.2) is 9.78 Å². The number of carbonyl (C=O) groups excluding carboxylic acids is 1. The zero-order valence-corrected chi connectivity index (χ0v) is 13.3. The first-order valence-corrected chi connectivity index (χ1v) is 8.08. The summed E-state index contributed by atoms with van der Waals surface area (Å²) in [4.78, 5) is 19.8. The van der Waals surface area contributed by atoms with Crippen LogP contribution in [0.1, 0.15) is 46.7 Å². The molecule has 1 atom stereocenters. The van der Waals surface area contributed by atoms with Gasteiger partial charge in [-0.3, -0.25) is 4.90 Å². The third-order valence-electron chi connectivity index (χ3n) is 3.55. The molecule has 0 radical (unpaired) electrons. The van der Waals surface area contributed by atoms with Crippen LogP contribution in [0.5, 0.6) is 0 Å². The predicted molar refractivity (Wildman–Crippen MR) is 80.3 cm³/mol. The fourth-order valence-electron chi connectivity index (χ4n) is 2.53. The summed E-state index contributed by atoms with van der Waals surface area (Å²) >= 11 is 1.62. The number of esters is 1. The second kappa shape index (κ2) is 7.15. The molecule has 112 valence electrons. The molecule has 6 heteroatoms. The van der Waals surface area contributed by atoms with Crippen molar-refractivity contribution in [1.82, 2.24) is 15.2 Å². The normalized spacial score (nSPS) is 17.9. The van der Waals surface area contributed by atoms with Gasteiger partial charge in [0.15, 0.2) is 5.69 Å². The molecule has 1 N–H and O–H groups in total. The fourth-order valence-corrected chi connectivity index (χ4v) is 3.66. The third kappa shape index (κ3) is 3.37. The van der Waals surface area contributed by atoms with Crippen LogP contribution in [0.2, 0.25) is 0 Å². The Bertz CT molecular complexity index is 455. The van der Waals surface area contributed by atoms with Crippen LogP contribution in [0.25, 0.3) is 0 Å². The van der Waals surface area contributed by atoms with Gasteiger partial charge < -0.3 is 10.1 Å². The molecule has 0 saturated carbocycles. The summed E-state index contributed by atoms with van der Waals surface area (Å²) in [6.45, 7) is 10.4. The molecule has 5 nitrogen and oxygen atoms in total. The summed E-state index contributed by atoms with van der Waals surface area (Å²) in [6.07, 6.45) is 1.01. The molecule has 1 aliphatic rings. The highest BCUT2D eigenvalue weighted by molar-refractivity contribution is 7.11. The molecular weight excluding hydrogens is 274 g/mol. The first-order valence-electron chi connectivity index (χ1n) is 7.26. The SMILES string of the molecule is CCOC(=O)c1nc(C(CC)N2CCNCC2)sc1C. The molecule has 1 aromatic rings. The predicted octanol–water partition coefficient (Wildman–Crippen LogP) is 1.98. The number of piperazine rings is 1. The van der Waals surface area contributed by atoms with Gasteiger partial charge in [0.2, 0.25) is 0 Å². The molecule has 1 aliphatic heterocycles. The second-order valence-corrected chi connectivity index (χ2v) is 6.12. The van der Waals surface area contributed by atoms with E-state index in [0.717, 1.165) is 42.5 Å². The Kier molecular flexibility index (Phi) is 5.51. The highest BCUT2D eigenvalue weighted by Gasteiger charge is 2.26. The van der Waals surface area contributed by atoms with Gasteiger partial charge >= 0.3 is 5.97 Å². The van der Waals surface area contributed by atoms with Crippen LogP contribution in [0.15, 0.2) is 0 Å². The van der Waals surface area contributed by atoms with Crippen molar-refractivity contribution in [2.24, 2.45) is 0 Å². The fraction of sp³-hybridized carbons (Fsp3) is 0.714. The second-order valence-electron chi connectivity index (χ2n) is 4.89. The van der Waals surface area contributed by atoms with E-state index in [1.54, 1.807) is 11.3 Å². The first-order chi connectivity index (χ1) is 9.67. The van der Waals surface area contributed by atoms with Gasteiger partial charge in [-0.05, 0) is 20.3 Å². The van der Waals surface area contributed by atoms with Gasteiger partial charge in [-0.2, -0.15) is 0 Å². The van der Waals surface area contributed by atoms with E-state index in [1.807, 2.05) is 13.8 Å². The zero-order chi connectivity index (χ0) is 14.5. The minimum absolute atomic E-state index is 0.303. The minimum atomic E-state index is -0.303. The molecule has 1 unspecified atom stereocenters. The Labute approximate surface area is 124 Å². The molecule has 0 bridgehead atoms. The lowest BCUT2D eigenvalue weighted by molar-refractivity contribution is 0.0519. The maximum atomic E-state index is 11.9. The van der Waals surface area contributed by atoms with Gasteiger partial charge in [0, 0.05) is 31.1 Å². The molecule has 2 rings (SSSR count). The average molecular weight is 297 g/mol. The molecule has 1 fully saturated rings. The van der Waals surface area contributed by atoms with E-state index in [2.05, 4.69) is 22.1 Å². The third-order valence-corrected chi connectivity index (χ3v) is 4.62. The molecule has 0 spiro atoms. The van der Waals surface area contributed by atoms with E-state index < -0.39 is 0 Å². The number of carbonyl (C=O) groups is 1. The smallest absolute Gasteiger partial charge is 0.358 e. The Morgan fingerprint density at radius 2 is 2.15 bits per heavy atom. The van der Waals surface area contributed by atoms with Crippen LogP contribution in [-0.4, -0.2) is 48.6 Å². The van der Waals surface area contributed by atoms with E-state index in [9.17, 15) is 4.79 Å². The monoisotopic (exact) mass is 297 g/mol. The van der Waals surface area contributed by atoms with Gasteiger partial charge in [-0.15, -0.1) is 11.3 Å². The Hall–Kier alpha value is -0.980. The summed E-state index contributed by atoms with van der Waals surface area (Å²) in [6, 6.07) is 0.309. The molecule has 2 heterocycles. The Balaban J connectivity index is 2.17. The molecule has 1 aromatic heterocycles. The van der Waals surface area contributed by atoms with Gasteiger partial charge in [0.1, 0.15) is 5.01 Å². The Morgan fingerprint density at radius 3 is 2.75 bits per heavy atom. The van der Waals surface area contributed by atoms with Crippen LogP contribution in [0.3, 0.4) is 0 Å². The van der Waals surface area contributed by atoms with Crippen molar-refractivity contribution in [3.05, 3.63) is 15.6 Å². The van der Waals surface area contributed by atoms with Crippen molar-refractivity contribution in [2.45, 2.75) is 33.2 Å². The lowest BCUT2D eigenvalue weighted by Gasteiger charge is -2.33. The van der Waals surface area contributed by atoms with Crippen LogP contribution in [0.4, 0.5) is 0 Å². The highest BCUT2D eigenvalue weighted by Crippen LogP contribution is 2.30. The molecule has 0 aliphatic carbocycles. The number of nitrogens with one attached hydrogen (secondary N) is 1. The summed E-state index contributed by atoms with van der Waals surface area (Å²) in [5, 5.41) is 4.40. The average Bonchev–Trinajstić information content (AvgIpc) is 2.83. The molecule has 1 saturated heterocycles. The Morgan fingerprint density at radius 1 is 1.45 bits per heavy atom. The number of hydrogen-bond acceptors (Lipinski definition) is 6. The van der Waals surface area contributed by atoms with Crippen molar-refractivity contribution in [1.29, 1.82) is 0 Å². The lowest BCUT2D eigenvalue weighted by atomic mass is 10.2. The highest BCUT2D eigenvalue weighted by atomic mass is 32.1. The van der Waals surface area contributed by atoms with E-state index >= 15 is 0 Å². The minimum Gasteiger partial charge on any atom is -0.461 e. The van der Waals surface area contributed by atoms with Crippen molar-refractivity contribution in [3.8, 4) is 0 Å². The van der Waals surface area contributed by atoms with E-state index in [4.69, 9.17) is 4.74 Å². The van der Waals surface area contributed by atoms with E-state index in [1.165, 1.54) is 0 Å². The van der Waals surface area contributed by atoms with Gasteiger partial charge in [0.25, 0.3) is 0 Å². The number of aromatic nitrogens is 1. The molecule has 0 aromatic carbocycles. The number of rotatable bonds is 5. The van der Waals surface area contributed by atoms with Gasteiger partial charge in [-0.1, -0.05) is 6.92 Å². The molecule has 0 amide bonds. The summed E-state index contributed by atoms with van der Waals surface area (Å²) in [5.41, 5.74) is 0.487. The van der Waals surface area contributed by atoms with Crippen molar-refractivity contribution in [3.63, 3.8) is 0 Å². The standard InChI is InChI=1S/C14H23N3O2S/c1-4-11(17-8-6-15-7-9-17)13-16-12(10(3)20-13)14(18)19-5-2/h11,15H,4-9H2,1-3H3. The first kappa shape index (κ1) is 15.4. The summed E-state index contributed by atoms with van der Waals surface area (Å²) in [7, 11) is 0. The number of nitrogens with zero attached hydrogens (tertiary/aromatic N) is 2. The van der Waals surface area contributed by atoms with Crippen molar-refractivity contribution < 1.29 is 9.53 Å². The summed E-state index contributed by atoms with van der Waals surface area (Å²) < 4.78 is 5.06. The summed E-state index contributed by atoms with van der Waals surface area (Å²) in [5.74, 6) is -0.303. The number of aryl methyl sites for hydroxylation is 1. The number of thiazole rings is 1. The number of ether oxygens (including phenoxy) is 1.